The Morgan fingerprint density at radius 3 is 1.77 bits per heavy atom. The number of rotatable bonds is 4. The molecule has 0 saturated carbocycles. The van der Waals surface area contributed by atoms with Crippen molar-refractivity contribution in [1.82, 2.24) is 0 Å². The summed E-state index contributed by atoms with van der Waals surface area (Å²) in [6.45, 7) is 0. The highest BCUT2D eigenvalue weighted by molar-refractivity contribution is 9.12. The molecule has 0 aliphatic carbocycles. The van der Waals surface area contributed by atoms with E-state index in [1.54, 1.807) is 36.4 Å². The van der Waals surface area contributed by atoms with E-state index >= 15 is 0 Å². The summed E-state index contributed by atoms with van der Waals surface area (Å²) in [7, 11) is 0. The fraction of sp³-hybridized carbons (Fsp3) is 0.118. The highest BCUT2D eigenvalue weighted by Gasteiger charge is 2.26. The average molecular weight is 418 g/mol. The summed E-state index contributed by atoms with van der Waals surface area (Å²) in [5, 5.41) is 17.6. The second-order valence-electron chi connectivity index (χ2n) is 4.59. The molecule has 2 aromatic carbocycles. The number of Topliss-reactive ketones (excluding diaryl/α,β-unsaturated/α-hetero) is 1. The third-order valence-corrected chi connectivity index (χ3v) is 5.88. The zero-order valence-electron chi connectivity index (χ0n) is 11.3. The number of hydrogen-bond acceptors (Lipinski definition) is 3. The molecule has 0 heterocycles. The fourth-order valence-corrected chi connectivity index (χ4v) is 3.03. The van der Waals surface area contributed by atoms with Crippen LogP contribution in [0.15, 0.2) is 48.5 Å². The molecule has 0 radical (unpaired) electrons. The second-order valence-corrected chi connectivity index (χ2v) is 6.56. The van der Waals surface area contributed by atoms with Crippen LogP contribution in [0.5, 0.6) is 0 Å². The first-order valence-corrected chi connectivity index (χ1v) is 8.22. The van der Waals surface area contributed by atoms with Gasteiger partial charge in [-0.05, 0) is 29.8 Å². The molecule has 0 N–H and O–H groups in total. The lowest BCUT2D eigenvalue weighted by Gasteiger charge is -2.16. The van der Waals surface area contributed by atoms with E-state index in [-0.39, 0.29) is 10.6 Å². The summed E-state index contributed by atoms with van der Waals surface area (Å²) in [5.74, 6) is -0.0734. The van der Waals surface area contributed by atoms with Gasteiger partial charge in [0.2, 0.25) is 0 Å². The molecule has 5 heteroatoms. The van der Waals surface area contributed by atoms with Gasteiger partial charge in [-0.3, -0.25) is 4.79 Å². The summed E-state index contributed by atoms with van der Waals surface area (Å²) < 4.78 is 0. The molecule has 0 aliphatic rings. The second kappa shape index (κ2) is 7.35. The van der Waals surface area contributed by atoms with Crippen LogP contribution in [0.2, 0.25) is 0 Å². The maximum Gasteiger partial charge on any atom is 0.177 e. The van der Waals surface area contributed by atoms with Crippen LogP contribution in [-0.4, -0.2) is 10.6 Å². The molecule has 2 aromatic rings. The molecule has 0 saturated heterocycles. The number of carbonyl (C=O) groups excluding carboxylic acids is 1. The molecule has 0 spiro atoms. The van der Waals surface area contributed by atoms with Gasteiger partial charge in [-0.1, -0.05) is 56.1 Å². The van der Waals surface area contributed by atoms with E-state index in [2.05, 4.69) is 37.9 Å². The van der Waals surface area contributed by atoms with Crippen molar-refractivity contribution in [3.63, 3.8) is 0 Å². The molecule has 0 amide bonds. The minimum absolute atomic E-state index is 0.0734. The Labute approximate surface area is 145 Å². The maximum atomic E-state index is 12.5. The Balaban J connectivity index is 2.18. The molecule has 2 atom stereocenters. The molecule has 0 aliphatic heterocycles. The fourth-order valence-electron chi connectivity index (χ4n) is 1.91. The maximum absolute atomic E-state index is 12.5. The Morgan fingerprint density at radius 1 is 0.864 bits per heavy atom. The van der Waals surface area contributed by atoms with Crippen LogP contribution in [-0.2, 0) is 0 Å². The number of nitriles is 2. The molecule has 0 fully saturated rings. The largest absolute Gasteiger partial charge is 0.293 e. The summed E-state index contributed by atoms with van der Waals surface area (Å²) in [5.41, 5.74) is 2.54. The highest BCUT2D eigenvalue weighted by atomic mass is 79.9. The summed E-state index contributed by atoms with van der Waals surface area (Å²) in [4.78, 5) is 11.8. The lowest BCUT2D eigenvalue weighted by Crippen LogP contribution is -2.19. The van der Waals surface area contributed by atoms with E-state index in [9.17, 15) is 4.79 Å². The van der Waals surface area contributed by atoms with Gasteiger partial charge in [0.05, 0.1) is 32.9 Å². The first-order chi connectivity index (χ1) is 10.6. The first-order valence-electron chi connectivity index (χ1n) is 6.39. The van der Waals surface area contributed by atoms with E-state index in [1.165, 1.54) is 0 Å². The lowest BCUT2D eigenvalue weighted by atomic mass is 10.0. The quantitative estimate of drug-likeness (QED) is 0.542. The van der Waals surface area contributed by atoms with Crippen molar-refractivity contribution in [3.8, 4) is 12.1 Å². The monoisotopic (exact) mass is 416 g/mol. The van der Waals surface area contributed by atoms with Crippen LogP contribution in [0, 0.1) is 22.7 Å². The van der Waals surface area contributed by atoms with Gasteiger partial charge >= 0.3 is 0 Å². The summed E-state index contributed by atoms with van der Waals surface area (Å²) in [6.07, 6.45) is 0. The summed E-state index contributed by atoms with van der Waals surface area (Å²) in [6, 6.07) is 17.7. The molecule has 2 rings (SSSR count). The van der Waals surface area contributed by atoms with Gasteiger partial charge in [0.1, 0.15) is 0 Å². The van der Waals surface area contributed by atoms with E-state index in [0.717, 1.165) is 5.56 Å². The van der Waals surface area contributed by atoms with Crippen molar-refractivity contribution in [2.45, 2.75) is 9.65 Å². The minimum atomic E-state index is -0.451. The Hall–Kier alpha value is -1.95. The predicted molar refractivity (Wildman–Crippen MR) is 91.0 cm³/mol. The third-order valence-electron chi connectivity index (χ3n) is 3.16. The number of ketones is 1. The number of benzene rings is 2. The van der Waals surface area contributed by atoms with Crippen LogP contribution >= 0.6 is 31.9 Å². The van der Waals surface area contributed by atoms with Crippen LogP contribution in [0.1, 0.15) is 31.9 Å². The zero-order valence-corrected chi connectivity index (χ0v) is 14.5. The van der Waals surface area contributed by atoms with E-state index in [1.807, 2.05) is 18.2 Å². The van der Waals surface area contributed by atoms with Crippen LogP contribution < -0.4 is 0 Å². The van der Waals surface area contributed by atoms with Crippen LogP contribution in [0.25, 0.3) is 0 Å². The molecule has 0 bridgehead atoms. The van der Waals surface area contributed by atoms with Crippen molar-refractivity contribution < 1.29 is 4.79 Å². The molecule has 3 nitrogen and oxygen atoms in total. The topological polar surface area (TPSA) is 64.7 Å². The van der Waals surface area contributed by atoms with Crippen molar-refractivity contribution in [2.24, 2.45) is 0 Å². The normalized spacial score (nSPS) is 12.7. The van der Waals surface area contributed by atoms with Crippen molar-refractivity contribution in [2.75, 3.05) is 0 Å². The molecular weight excluding hydrogens is 408 g/mol. The number of nitrogens with zero attached hydrogens (tertiary/aromatic N) is 2. The molecule has 108 valence electrons. The summed E-state index contributed by atoms with van der Waals surface area (Å²) >= 11 is 6.95. The lowest BCUT2D eigenvalue weighted by molar-refractivity contribution is 0.0991. The Kier molecular flexibility index (Phi) is 5.49. The van der Waals surface area contributed by atoms with Gasteiger partial charge in [-0.25, -0.2) is 0 Å². The van der Waals surface area contributed by atoms with E-state index < -0.39 is 4.83 Å². The van der Waals surface area contributed by atoms with Gasteiger partial charge in [0, 0.05) is 5.56 Å². The number of alkyl halides is 2. The van der Waals surface area contributed by atoms with Crippen molar-refractivity contribution in [3.05, 3.63) is 70.8 Å². The van der Waals surface area contributed by atoms with Crippen molar-refractivity contribution >= 4 is 37.6 Å². The van der Waals surface area contributed by atoms with Gasteiger partial charge in [0.25, 0.3) is 0 Å². The first kappa shape index (κ1) is 16.4. The highest BCUT2D eigenvalue weighted by Crippen LogP contribution is 2.33. The molecule has 2 unspecified atom stereocenters. The molecule has 0 aromatic heterocycles. The van der Waals surface area contributed by atoms with Gasteiger partial charge in [0.15, 0.2) is 5.78 Å². The average Bonchev–Trinajstić information content (AvgIpc) is 2.60. The third kappa shape index (κ3) is 3.62. The smallest absolute Gasteiger partial charge is 0.177 e. The molecule has 22 heavy (non-hydrogen) atoms. The SMILES string of the molecule is N#Cc1ccc(C(=O)C(Br)C(Br)c2ccc(C#N)cc2)cc1. The minimum Gasteiger partial charge on any atom is -0.293 e. The number of hydrogen-bond donors (Lipinski definition) is 0. The Morgan fingerprint density at radius 2 is 1.32 bits per heavy atom. The number of halogens is 2. The van der Waals surface area contributed by atoms with E-state index in [4.69, 9.17) is 10.5 Å². The zero-order chi connectivity index (χ0) is 16.1. The van der Waals surface area contributed by atoms with E-state index in [0.29, 0.717) is 16.7 Å². The van der Waals surface area contributed by atoms with Gasteiger partial charge in [-0.2, -0.15) is 10.5 Å². The van der Waals surface area contributed by atoms with Crippen molar-refractivity contribution in [1.29, 1.82) is 10.5 Å². The van der Waals surface area contributed by atoms with Crippen LogP contribution in [0.3, 0.4) is 0 Å². The standard InChI is InChI=1S/C17H10Br2N2O/c18-15(13-5-1-11(9-20)2-6-13)16(19)17(22)14-7-3-12(10-21)4-8-14/h1-8,15-16H. The molecular formula is C17H10Br2N2O. The van der Waals surface area contributed by atoms with Gasteiger partial charge in [-0.15, -0.1) is 0 Å². The van der Waals surface area contributed by atoms with Crippen LogP contribution in [0.4, 0.5) is 0 Å². The predicted octanol–water partition coefficient (Wildman–Crippen LogP) is 4.51. The van der Waals surface area contributed by atoms with Gasteiger partial charge < -0.3 is 0 Å². The number of carbonyl (C=O) groups is 1. The Bertz CT molecular complexity index is 755.